The summed E-state index contributed by atoms with van der Waals surface area (Å²) < 4.78 is 0. The minimum atomic E-state index is -1.18. The van der Waals surface area contributed by atoms with Gasteiger partial charge in [-0.3, -0.25) is 29.0 Å². The number of unbranched alkanes of at least 4 members (excludes halogenated alkanes) is 12. The average Bonchev–Trinajstić information content (AvgIpc) is 2.83. The molecule has 0 radical (unpaired) electrons. The van der Waals surface area contributed by atoms with E-state index in [0.717, 1.165) is 25.7 Å². The molecule has 0 unspecified atom stereocenters. The largest absolute Gasteiger partial charge is 0.480 e. The third-order valence-electron chi connectivity index (χ3n) is 6.19. The van der Waals surface area contributed by atoms with E-state index in [1.54, 1.807) is 0 Å². The predicted octanol–water partition coefficient (Wildman–Crippen LogP) is 4.00. The molecular weight excluding hydrogens is 490 g/mol. The summed E-state index contributed by atoms with van der Waals surface area (Å²) in [4.78, 5) is 47.8. The topological polar surface area (TPSA) is 147 Å². The molecule has 220 valence electrons. The zero-order valence-corrected chi connectivity index (χ0v) is 23.4. The molecule has 4 N–H and O–H groups in total. The van der Waals surface area contributed by atoms with Gasteiger partial charge in [-0.2, -0.15) is 0 Å². The van der Waals surface area contributed by atoms with Crippen molar-refractivity contribution in [2.75, 3.05) is 45.8 Å². The van der Waals surface area contributed by atoms with Crippen LogP contribution < -0.4 is 5.32 Å². The van der Waals surface area contributed by atoms with E-state index >= 15 is 0 Å². The number of rotatable bonds is 27. The van der Waals surface area contributed by atoms with Crippen LogP contribution in [0, 0.1) is 0 Å². The summed E-state index contributed by atoms with van der Waals surface area (Å²) in [6, 6.07) is 0. The van der Waals surface area contributed by atoms with E-state index in [1.165, 1.54) is 74.0 Å². The summed E-state index contributed by atoms with van der Waals surface area (Å²) in [6.07, 6.45) is 21.6. The van der Waals surface area contributed by atoms with Crippen LogP contribution in [0.25, 0.3) is 0 Å². The molecule has 0 heterocycles. The molecule has 0 bridgehead atoms. The lowest BCUT2D eigenvalue weighted by Crippen LogP contribution is -2.45. The van der Waals surface area contributed by atoms with Crippen molar-refractivity contribution >= 4 is 23.8 Å². The number of carbonyl (C=O) groups is 4. The lowest BCUT2D eigenvalue weighted by atomic mass is 10.1. The molecule has 0 fully saturated rings. The number of carbonyl (C=O) groups excluding carboxylic acids is 1. The fraction of sp³-hybridized carbons (Fsp3) is 0.786. The van der Waals surface area contributed by atoms with Crippen LogP contribution >= 0.6 is 0 Å². The fourth-order valence-corrected chi connectivity index (χ4v) is 4.14. The Kier molecular flexibility index (Phi) is 23.2. The maximum atomic E-state index is 12.2. The molecule has 0 aliphatic heterocycles. The van der Waals surface area contributed by atoms with Gasteiger partial charge >= 0.3 is 17.9 Å². The van der Waals surface area contributed by atoms with Crippen LogP contribution in [0.5, 0.6) is 0 Å². The Bertz CT molecular complexity index is 669. The Morgan fingerprint density at radius 3 is 1.42 bits per heavy atom. The number of nitrogens with one attached hydrogen (secondary N) is 1. The molecule has 0 aliphatic rings. The molecule has 0 spiro atoms. The first-order valence-corrected chi connectivity index (χ1v) is 14.3. The van der Waals surface area contributed by atoms with E-state index < -0.39 is 37.5 Å². The number of amides is 1. The minimum absolute atomic E-state index is 0.0219. The molecule has 0 atom stereocenters. The molecule has 38 heavy (non-hydrogen) atoms. The van der Waals surface area contributed by atoms with Crippen molar-refractivity contribution in [3.05, 3.63) is 12.2 Å². The van der Waals surface area contributed by atoms with E-state index in [9.17, 15) is 19.2 Å². The van der Waals surface area contributed by atoms with Crippen molar-refractivity contribution < 1.29 is 34.5 Å². The highest BCUT2D eigenvalue weighted by Gasteiger charge is 2.18. The Morgan fingerprint density at radius 1 is 0.579 bits per heavy atom. The highest BCUT2D eigenvalue weighted by Crippen LogP contribution is 2.09. The maximum Gasteiger partial charge on any atom is 0.317 e. The van der Waals surface area contributed by atoms with Gasteiger partial charge in [0.15, 0.2) is 0 Å². The van der Waals surface area contributed by atoms with Gasteiger partial charge < -0.3 is 20.6 Å². The Morgan fingerprint density at radius 2 is 0.974 bits per heavy atom. The summed E-state index contributed by atoms with van der Waals surface area (Å²) in [5.41, 5.74) is 0. The van der Waals surface area contributed by atoms with Gasteiger partial charge in [-0.15, -0.1) is 0 Å². The second kappa shape index (κ2) is 24.9. The van der Waals surface area contributed by atoms with Crippen molar-refractivity contribution in [1.29, 1.82) is 0 Å². The second-order valence-electron chi connectivity index (χ2n) is 9.89. The second-order valence-corrected chi connectivity index (χ2v) is 9.89. The number of carboxylic acids is 3. The molecule has 0 aromatic carbocycles. The van der Waals surface area contributed by atoms with E-state index in [0.29, 0.717) is 6.54 Å². The molecule has 0 rings (SSSR count). The van der Waals surface area contributed by atoms with E-state index in [2.05, 4.69) is 24.4 Å². The van der Waals surface area contributed by atoms with Gasteiger partial charge in [0.05, 0.1) is 26.2 Å². The molecule has 1 amide bonds. The number of hydrogen-bond donors (Lipinski definition) is 4. The van der Waals surface area contributed by atoms with Gasteiger partial charge in [-0.05, 0) is 32.1 Å². The fourth-order valence-electron chi connectivity index (χ4n) is 4.14. The van der Waals surface area contributed by atoms with E-state index in [4.69, 9.17) is 15.3 Å². The van der Waals surface area contributed by atoms with Crippen molar-refractivity contribution in [1.82, 2.24) is 15.1 Å². The molecule has 0 saturated carbocycles. The summed E-state index contributed by atoms with van der Waals surface area (Å²) in [5, 5.41) is 29.7. The number of aliphatic carboxylic acids is 3. The predicted molar refractivity (Wildman–Crippen MR) is 148 cm³/mol. The smallest absolute Gasteiger partial charge is 0.317 e. The highest BCUT2D eigenvalue weighted by molar-refractivity contribution is 5.79. The number of hydrogen-bond acceptors (Lipinski definition) is 6. The monoisotopic (exact) mass is 541 g/mol. The molecule has 0 saturated heterocycles. The van der Waals surface area contributed by atoms with Crippen LogP contribution in [0.3, 0.4) is 0 Å². The van der Waals surface area contributed by atoms with E-state index in [1.807, 2.05) is 0 Å². The van der Waals surface area contributed by atoms with Crippen molar-refractivity contribution in [2.24, 2.45) is 0 Å². The highest BCUT2D eigenvalue weighted by atomic mass is 16.4. The SMILES string of the molecule is CCCCCCCC/C=C\CCCCCCCCNC(=O)CN(CCN(CC(=O)O)CC(=O)O)CC(=O)O. The standard InChI is InChI=1S/C28H51N3O7/c1-2-3-4-5-6-7-8-9-10-11-12-13-14-15-16-17-18-29-25(32)21-30(22-26(33)34)19-20-31(23-27(35)36)24-28(37)38/h9-10H,2-8,11-24H2,1H3,(H,29,32)(H,33,34)(H,35,36)(H,37,38)/b10-9-. The average molecular weight is 542 g/mol. The zero-order valence-electron chi connectivity index (χ0n) is 23.4. The number of allylic oxidation sites excluding steroid dienone is 2. The van der Waals surface area contributed by atoms with Crippen LogP contribution in [-0.2, 0) is 19.2 Å². The van der Waals surface area contributed by atoms with Crippen molar-refractivity contribution in [2.45, 2.75) is 96.8 Å². The van der Waals surface area contributed by atoms with Crippen LogP contribution in [-0.4, -0.2) is 94.7 Å². The van der Waals surface area contributed by atoms with Gasteiger partial charge in [0.1, 0.15) is 0 Å². The van der Waals surface area contributed by atoms with Crippen LogP contribution in [0.4, 0.5) is 0 Å². The van der Waals surface area contributed by atoms with Crippen LogP contribution in [0.2, 0.25) is 0 Å². The number of nitrogens with zero attached hydrogens (tertiary/aromatic N) is 2. The quantitative estimate of drug-likeness (QED) is 0.0894. The lowest BCUT2D eigenvalue weighted by Gasteiger charge is -2.24. The molecule has 0 aliphatic carbocycles. The molecule has 10 nitrogen and oxygen atoms in total. The first-order chi connectivity index (χ1) is 18.2. The number of carboxylic acid groups (broad SMARTS) is 3. The summed E-state index contributed by atoms with van der Waals surface area (Å²) in [6.45, 7) is 1.35. The Hall–Kier alpha value is -2.46. The summed E-state index contributed by atoms with van der Waals surface area (Å²) in [7, 11) is 0. The molecule has 0 aromatic rings. The Labute approximate surface area is 228 Å². The van der Waals surface area contributed by atoms with Crippen LogP contribution in [0.1, 0.15) is 96.8 Å². The van der Waals surface area contributed by atoms with E-state index in [-0.39, 0.29) is 25.5 Å². The third-order valence-corrected chi connectivity index (χ3v) is 6.19. The van der Waals surface area contributed by atoms with Crippen LogP contribution in [0.15, 0.2) is 12.2 Å². The molecule has 10 heteroatoms. The summed E-state index contributed by atoms with van der Waals surface area (Å²) in [5.74, 6) is -3.77. The van der Waals surface area contributed by atoms with Gasteiger partial charge in [0.25, 0.3) is 0 Å². The van der Waals surface area contributed by atoms with Gasteiger partial charge in [-0.1, -0.05) is 76.9 Å². The minimum Gasteiger partial charge on any atom is -0.480 e. The van der Waals surface area contributed by atoms with Gasteiger partial charge in [0, 0.05) is 19.6 Å². The van der Waals surface area contributed by atoms with Crippen molar-refractivity contribution in [3.63, 3.8) is 0 Å². The third kappa shape index (κ3) is 25.2. The van der Waals surface area contributed by atoms with Crippen molar-refractivity contribution in [3.8, 4) is 0 Å². The maximum absolute atomic E-state index is 12.2. The first kappa shape index (κ1) is 35.5. The zero-order chi connectivity index (χ0) is 28.4. The van der Waals surface area contributed by atoms with Gasteiger partial charge in [0.2, 0.25) is 5.91 Å². The first-order valence-electron chi connectivity index (χ1n) is 14.3. The molecular formula is C28H51N3O7. The lowest BCUT2D eigenvalue weighted by molar-refractivity contribution is -0.143. The molecule has 0 aromatic heterocycles. The summed E-state index contributed by atoms with van der Waals surface area (Å²) >= 11 is 0. The Balaban J connectivity index is 3.92. The van der Waals surface area contributed by atoms with Gasteiger partial charge in [-0.25, -0.2) is 0 Å². The normalized spacial score (nSPS) is 11.4.